The molecule has 0 N–H and O–H groups in total. The van der Waals surface area contributed by atoms with Crippen molar-refractivity contribution in [3.63, 3.8) is 0 Å². The van der Waals surface area contributed by atoms with Gasteiger partial charge in [0.15, 0.2) is 0 Å². The maximum absolute atomic E-state index is 8.28. The quantitative estimate of drug-likeness (QED) is 0.419. The summed E-state index contributed by atoms with van der Waals surface area (Å²) in [5.41, 5.74) is 11.1. The van der Waals surface area contributed by atoms with E-state index in [1.807, 2.05) is 31.2 Å². The Hall–Kier alpha value is -1.77. The fourth-order valence-electron chi connectivity index (χ4n) is 1.23. The van der Waals surface area contributed by atoms with Crippen LogP contribution in [0.1, 0.15) is 11.1 Å². The molecule has 0 fully saturated rings. The summed E-state index contributed by atoms with van der Waals surface area (Å²) in [7, 11) is 1.65. The van der Waals surface area contributed by atoms with Crippen LogP contribution in [0.4, 0.5) is 5.69 Å². The van der Waals surface area contributed by atoms with Crippen molar-refractivity contribution in [1.82, 2.24) is 0 Å². The molecule has 4 heteroatoms. The number of benzene rings is 1. The molecule has 0 radical (unpaired) electrons. The zero-order valence-electron chi connectivity index (χ0n) is 8.84. The van der Waals surface area contributed by atoms with Gasteiger partial charge in [-0.15, -0.1) is 0 Å². The Bertz CT molecular complexity index is 406. The normalized spacial score (nSPS) is 10.3. The number of ether oxygens (including phenoxy) is 1. The van der Waals surface area contributed by atoms with Crippen molar-refractivity contribution in [3.8, 4) is 0 Å². The Labute approximate surface area is 88.8 Å². The van der Waals surface area contributed by atoms with Crippen LogP contribution in [0.15, 0.2) is 29.4 Å². The molecule has 0 atom stereocenters. The summed E-state index contributed by atoms with van der Waals surface area (Å²) in [5.74, 6) is 0. The molecule has 0 amide bonds. The highest BCUT2D eigenvalue weighted by molar-refractivity contribution is 5.57. The third-order valence-electron chi connectivity index (χ3n) is 1.97. The molecule has 15 heavy (non-hydrogen) atoms. The monoisotopic (exact) mass is 203 g/mol. The second-order valence-electron chi connectivity index (χ2n) is 3.09. The van der Waals surface area contributed by atoms with Crippen molar-refractivity contribution in [2.45, 2.75) is 6.92 Å². The molecular formula is C11H13N3O. The first kappa shape index (κ1) is 11.3. The second kappa shape index (κ2) is 5.86. The van der Waals surface area contributed by atoms with Gasteiger partial charge in [-0.2, -0.15) is 0 Å². The third kappa shape index (κ3) is 3.46. The summed E-state index contributed by atoms with van der Waals surface area (Å²) in [6, 6.07) is 5.57. The molecule has 0 bridgehead atoms. The fourth-order valence-corrected chi connectivity index (χ4v) is 1.23. The first-order chi connectivity index (χ1) is 7.27. The van der Waals surface area contributed by atoms with Gasteiger partial charge >= 0.3 is 0 Å². The molecule has 0 aliphatic heterocycles. The predicted octanol–water partition coefficient (Wildman–Crippen LogP) is 3.60. The molecule has 0 unspecified atom stereocenters. The smallest absolute Gasteiger partial charge is 0.0646 e. The first-order valence-electron chi connectivity index (χ1n) is 4.59. The molecule has 0 saturated heterocycles. The zero-order valence-corrected chi connectivity index (χ0v) is 8.84. The molecule has 1 rings (SSSR count). The van der Waals surface area contributed by atoms with E-state index in [4.69, 9.17) is 10.3 Å². The minimum atomic E-state index is 0.595. The third-order valence-corrected chi connectivity index (χ3v) is 1.97. The maximum atomic E-state index is 8.28. The van der Waals surface area contributed by atoms with Gasteiger partial charge in [-0.3, -0.25) is 0 Å². The molecule has 0 heterocycles. The summed E-state index contributed by atoms with van der Waals surface area (Å²) in [4.78, 5) is 2.74. The van der Waals surface area contributed by atoms with Crippen LogP contribution in [0.25, 0.3) is 16.5 Å². The molecule has 78 valence electrons. The number of hydrogen-bond acceptors (Lipinski definition) is 2. The van der Waals surface area contributed by atoms with E-state index in [-0.39, 0.29) is 0 Å². The molecule has 0 aromatic heterocycles. The van der Waals surface area contributed by atoms with Crippen molar-refractivity contribution in [2.75, 3.05) is 13.7 Å². The lowest BCUT2D eigenvalue weighted by molar-refractivity contribution is 0.234. The van der Waals surface area contributed by atoms with E-state index in [2.05, 4.69) is 10.0 Å². The highest BCUT2D eigenvalue weighted by atomic mass is 16.5. The summed E-state index contributed by atoms with van der Waals surface area (Å²) >= 11 is 0. The summed E-state index contributed by atoms with van der Waals surface area (Å²) in [6.45, 7) is 2.57. The molecule has 1 aromatic carbocycles. The van der Waals surface area contributed by atoms with E-state index >= 15 is 0 Å². The minimum absolute atomic E-state index is 0.595. The van der Waals surface area contributed by atoms with E-state index in [9.17, 15) is 0 Å². The number of nitrogens with zero attached hydrogens (tertiary/aromatic N) is 3. The highest BCUT2D eigenvalue weighted by Gasteiger charge is 1.95. The van der Waals surface area contributed by atoms with Gasteiger partial charge in [-0.05, 0) is 29.6 Å². The standard InChI is InChI=1S/C11H13N3O/c1-9-8-11(13-14-12)6-5-10(9)4-3-7-15-2/h3-6,8H,7H2,1-2H3/b4-3+. The van der Waals surface area contributed by atoms with Crippen molar-refractivity contribution in [1.29, 1.82) is 0 Å². The van der Waals surface area contributed by atoms with Gasteiger partial charge < -0.3 is 4.74 Å². The van der Waals surface area contributed by atoms with Crippen LogP contribution in [0.3, 0.4) is 0 Å². The predicted molar refractivity (Wildman–Crippen MR) is 60.9 cm³/mol. The Balaban J connectivity index is 2.88. The van der Waals surface area contributed by atoms with Crippen LogP contribution in [0.2, 0.25) is 0 Å². The van der Waals surface area contributed by atoms with Crippen LogP contribution in [0, 0.1) is 6.92 Å². The van der Waals surface area contributed by atoms with Crippen molar-refractivity contribution in [3.05, 3.63) is 45.8 Å². The van der Waals surface area contributed by atoms with E-state index in [1.165, 1.54) is 0 Å². The van der Waals surface area contributed by atoms with Gasteiger partial charge in [0.05, 0.1) is 6.61 Å². The lowest BCUT2D eigenvalue weighted by atomic mass is 10.1. The van der Waals surface area contributed by atoms with Crippen LogP contribution < -0.4 is 0 Å². The van der Waals surface area contributed by atoms with Gasteiger partial charge in [-0.1, -0.05) is 29.4 Å². The molecule has 1 aromatic rings. The Morgan fingerprint density at radius 2 is 2.33 bits per heavy atom. The van der Waals surface area contributed by atoms with E-state index < -0.39 is 0 Å². The maximum Gasteiger partial charge on any atom is 0.0646 e. The summed E-state index contributed by atoms with van der Waals surface area (Å²) in [5, 5.41) is 3.54. The molecule has 0 saturated carbocycles. The first-order valence-corrected chi connectivity index (χ1v) is 4.59. The number of rotatable bonds is 4. The van der Waals surface area contributed by atoms with Crippen LogP contribution in [-0.4, -0.2) is 13.7 Å². The average molecular weight is 203 g/mol. The average Bonchev–Trinajstić information content (AvgIpc) is 2.22. The van der Waals surface area contributed by atoms with E-state index in [0.717, 1.165) is 11.1 Å². The molecule has 0 aliphatic rings. The van der Waals surface area contributed by atoms with Crippen LogP contribution >= 0.6 is 0 Å². The molecule has 0 aliphatic carbocycles. The lowest BCUT2D eigenvalue weighted by Gasteiger charge is -2.01. The lowest BCUT2D eigenvalue weighted by Crippen LogP contribution is -1.83. The Kier molecular flexibility index (Phi) is 4.41. The van der Waals surface area contributed by atoms with Gasteiger partial charge in [-0.25, -0.2) is 0 Å². The summed E-state index contributed by atoms with van der Waals surface area (Å²) < 4.78 is 4.91. The number of methoxy groups -OCH3 is 1. The van der Waals surface area contributed by atoms with Crippen molar-refractivity contribution < 1.29 is 4.74 Å². The number of hydrogen-bond donors (Lipinski definition) is 0. The van der Waals surface area contributed by atoms with Gasteiger partial charge in [0.25, 0.3) is 0 Å². The second-order valence-corrected chi connectivity index (χ2v) is 3.09. The minimum Gasteiger partial charge on any atom is -0.381 e. The number of azide groups is 1. The fraction of sp³-hybridized carbons (Fsp3) is 0.273. The highest BCUT2D eigenvalue weighted by Crippen LogP contribution is 2.18. The van der Waals surface area contributed by atoms with Crippen molar-refractivity contribution >= 4 is 11.8 Å². The summed E-state index contributed by atoms with van der Waals surface area (Å²) in [6.07, 6.45) is 3.92. The number of aryl methyl sites for hydroxylation is 1. The van der Waals surface area contributed by atoms with Crippen molar-refractivity contribution in [2.24, 2.45) is 5.11 Å². The topological polar surface area (TPSA) is 58.0 Å². The van der Waals surface area contributed by atoms with E-state index in [1.54, 1.807) is 13.2 Å². The molecular weight excluding hydrogens is 190 g/mol. The van der Waals surface area contributed by atoms with Crippen LogP contribution in [0.5, 0.6) is 0 Å². The van der Waals surface area contributed by atoms with Gasteiger partial charge in [0, 0.05) is 17.7 Å². The van der Waals surface area contributed by atoms with E-state index in [0.29, 0.717) is 12.3 Å². The van der Waals surface area contributed by atoms with Gasteiger partial charge in [0.2, 0.25) is 0 Å². The largest absolute Gasteiger partial charge is 0.381 e. The molecule has 0 spiro atoms. The Morgan fingerprint density at radius 3 is 2.93 bits per heavy atom. The molecule has 4 nitrogen and oxygen atoms in total. The zero-order chi connectivity index (χ0) is 11.1. The SMILES string of the molecule is COC/C=C/c1ccc(N=[N+]=[N-])cc1C. The van der Waals surface area contributed by atoms with Crippen LogP contribution in [-0.2, 0) is 4.74 Å². The Morgan fingerprint density at radius 1 is 1.53 bits per heavy atom. The van der Waals surface area contributed by atoms with Gasteiger partial charge in [0.1, 0.15) is 0 Å².